The number of para-hydroxylation sites is 1. The smallest absolute Gasteiger partial charge is 0.266 e. The number of fused-ring (bicyclic) bond motifs is 1. The van der Waals surface area contributed by atoms with Crippen molar-refractivity contribution < 1.29 is 4.79 Å². The fraction of sp³-hybridized carbons (Fsp3) is 0.269. The van der Waals surface area contributed by atoms with Gasteiger partial charge in [-0.25, -0.2) is 10.1 Å². The lowest BCUT2D eigenvalue weighted by Crippen LogP contribution is -2.48. The van der Waals surface area contributed by atoms with E-state index in [1.165, 1.54) is 12.0 Å². The molecule has 6 rings (SSSR count). The summed E-state index contributed by atoms with van der Waals surface area (Å²) in [4.78, 5) is 13.0. The van der Waals surface area contributed by atoms with Crippen molar-refractivity contribution in [1.29, 1.82) is 0 Å². The molecule has 0 unspecified atom stereocenters. The summed E-state index contributed by atoms with van der Waals surface area (Å²) in [6.45, 7) is 4.66. The van der Waals surface area contributed by atoms with Crippen molar-refractivity contribution in [3.8, 4) is 16.9 Å². The molecule has 3 aliphatic rings. The van der Waals surface area contributed by atoms with Crippen molar-refractivity contribution in [2.24, 2.45) is 22.4 Å². The lowest BCUT2D eigenvalue weighted by molar-refractivity contribution is -0.00126. The molecule has 31 heavy (non-hydrogen) atoms. The maximum atomic E-state index is 13.0. The normalized spacial score (nSPS) is 21.4. The fourth-order valence-electron chi connectivity index (χ4n) is 4.83. The van der Waals surface area contributed by atoms with Crippen molar-refractivity contribution in [3.63, 3.8) is 0 Å². The summed E-state index contributed by atoms with van der Waals surface area (Å²) >= 11 is 0. The van der Waals surface area contributed by atoms with Crippen molar-refractivity contribution >= 4 is 12.1 Å². The number of nitrogens with zero attached hydrogens (tertiary/aromatic N) is 3. The molecular weight excluding hydrogens is 384 g/mol. The summed E-state index contributed by atoms with van der Waals surface area (Å²) in [7, 11) is 0. The second-order valence-electron chi connectivity index (χ2n) is 8.97. The highest BCUT2D eigenvalue weighted by Crippen LogP contribution is 2.58. The van der Waals surface area contributed by atoms with Crippen LogP contribution in [0.15, 0.2) is 83.5 Å². The van der Waals surface area contributed by atoms with Crippen LogP contribution < -0.4 is 5.43 Å². The molecule has 2 aromatic carbocycles. The molecule has 1 saturated carbocycles. The molecule has 2 bridgehead atoms. The largest absolute Gasteiger partial charge is 0.290 e. The Labute approximate surface area is 182 Å². The van der Waals surface area contributed by atoms with Crippen molar-refractivity contribution in [3.05, 3.63) is 84.1 Å². The number of hydrazone groups is 1. The third kappa shape index (κ3) is 3.50. The summed E-state index contributed by atoms with van der Waals surface area (Å²) in [5.74, 6) is 1.03. The Balaban J connectivity index is 1.40. The van der Waals surface area contributed by atoms with Crippen LogP contribution in [0, 0.1) is 17.3 Å². The van der Waals surface area contributed by atoms with Crippen molar-refractivity contribution in [1.82, 2.24) is 15.2 Å². The highest BCUT2D eigenvalue weighted by molar-refractivity contribution is 5.95. The third-order valence-electron chi connectivity index (χ3n) is 6.90. The minimum absolute atomic E-state index is 0.281. The number of hydrogen-bond acceptors (Lipinski definition) is 3. The number of hydrogen-bond donors (Lipinski definition) is 1. The van der Waals surface area contributed by atoms with Gasteiger partial charge in [0.15, 0.2) is 0 Å². The summed E-state index contributed by atoms with van der Waals surface area (Å²) in [5, 5.41) is 8.99. The topological polar surface area (TPSA) is 59.3 Å². The first-order chi connectivity index (χ1) is 15.0. The van der Waals surface area contributed by atoms with Gasteiger partial charge in [-0.2, -0.15) is 10.2 Å². The van der Waals surface area contributed by atoms with Crippen LogP contribution in [0.3, 0.4) is 0 Å². The monoisotopic (exact) mass is 410 g/mol. The predicted octanol–water partition coefficient (Wildman–Crippen LogP) is 5.25. The molecule has 3 aliphatic carbocycles. The maximum Gasteiger partial charge on any atom is 0.290 e. The van der Waals surface area contributed by atoms with Gasteiger partial charge in [0, 0.05) is 5.56 Å². The number of carbonyl (C=O) groups excluding carboxylic acids is 1. The minimum atomic E-state index is -0.281. The molecule has 3 aromatic rings. The van der Waals surface area contributed by atoms with Gasteiger partial charge in [-0.3, -0.25) is 4.79 Å². The number of allylic oxidation sites excluding steroid dienone is 2. The second-order valence-corrected chi connectivity index (χ2v) is 8.97. The van der Waals surface area contributed by atoms with Crippen LogP contribution in [0.5, 0.6) is 0 Å². The molecule has 156 valence electrons. The molecule has 0 spiro atoms. The standard InChI is InChI=1S/C26H26N4O/c1-26(2)20-14-13-19(22(26)15-20)17-27-28-25(31)24-16-23(18-9-5-3-6-10-18)29-30(24)21-11-7-4-8-12-21/h3-13,16-17,20,22H,14-15H2,1-2H3,(H,28,31)/t20-,22+/m0/s1. The molecule has 5 heteroatoms. The zero-order chi connectivity index (χ0) is 21.4. The number of aromatic nitrogens is 2. The first-order valence-corrected chi connectivity index (χ1v) is 10.8. The molecule has 5 nitrogen and oxygen atoms in total. The molecule has 1 N–H and O–H groups in total. The van der Waals surface area contributed by atoms with Crippen molar-refractivity contribution in [2.45, 2.75) is 26.7 Å². The Kier molecular flexibility index (Phi) is 4.81. The number of amides is 1. The SMILES string of the molecule is CC1(C)[C@H]2CC=C(C=NNC(=O)c3cc(-c4ccccc4)nn3-c3ccccc3)[C@H]1C2. The minimum Gasteiger partial charge on any atom is -0.266 e. The van der Waals surface area contributed by atoms with Gasteiger partial charge < -0.3 is 0 Å². The summed E-state index contributed by atoms with van der Waals surface area (Å²) in [5.41, 5.74) is 7.26. The van der Waals surface area contributed by atoms with E-state index in [0.29, 0.717) is 17.0 Å². The molecule has 0 aliphatic heterocycles. The second kappa shape index (κ2) is 7.65. The van der Waals surface area contributed by atoms with E-state index < -0.39 is 0 Å². The first-order valence-electron chi connectivity index (χ1n) is 10.8. The van der Waals surface area contributed by atoms with E-state index >= 15 is 0 Å². The predicted molar refractivity (Wildman–Crippen MR) is 123 cm³/mol. The average Bonchev–Trinajstić information content (AvgIpc) is 3.26. The summed E-state index contributed by atoms with van der Waals surface area (Å²) in [6.07, 6.45) is 6.41. The zero-order valence-corrected chi connectivity index (χ0v) is 17.8. The van der Waals surface area contributed by atoms with Gasteiger partial charge in [0.05, 0.1) is 17.6 Å². The fourth-order valence-corrected chi connectivity index (χ4v) is 4.83. The van der Waals surface area contributed by atoms with E-state index in [9.17, 15) is 4.79 Å². The van der Waals surface area contributed by atoms with Gasteiger partial charge in [0.25, 0.3) is 5.91 Å². The van der Waals surface area contributed by atoms with Crippen LogP contribution in [0.2, 0.25) is 0 Å². The Morgan fingerprint density at radius 2 is 1.84 bits per heavy atom. The number of rotatable bonds is 5. The average molecular weight is 411 g/mol. The van der Waals surface area contributed by atoms with E-state index in [1.807, 2.05) is 72.9 Å². The van der Waals surface area contributed by atoms with Crippen molar-refractivity contribution in [2.75, 3.05) is 0 Å². The van der Waals surface area contributed by atoms with Gasteiger partial charge in [-0.15, -0.1) is 0 Å². The van der Waals surface area contributed by atoms with Crippen LogP contribution in [-0.4, -0.2) is 21.9 Å². The highest BCUT2D eigenvalue weighted by atomic mass is 16.2. The first kappa shape index (κ1) is 19.5. The molecule has 1 fully saturated rings. The molecule has 2 atom stereocenters. The van der Waals surface area contributed by atoms with Gasteiger partial charge in [-0.05, 0) is 53.9 Å². The van der Waals surface area contributed by atoms with Crippen LogP contribution in [-0.2, 0) is 0 Å². The van der Waals surface area contributed by atoms with E-state index in [-0.39, 0.29) is 5.91 Å². The van der Waals surface area contributed by atoms with E-state index in [1.54, 1.807) is 4.68 Å². The highest BCUT2D eigenvalue weighted by Gasteiger charge is 2.50. The molecule has 1 heterocycles. The lowest BCUT2D eigenvalue weighted by Gasteiger charge is -2.55. The Morgan fingerprint density at radius 3 is 2.52 bits per heavy atom. The number of nitrogens with one attached hydrogen (secondary N) is 1. The Hall–Kier alpha value is -3.47. The molecule has 1 aromatic heterocycles. The van der Waals surface area contributed by atoms with Crippen LogP contribution in [0.4, 0.5) is 0 Å². The maximum absolute atomic E-state index is 13.0. The van der Waals surface area contributed by atoms with Gasteiger partial charge >= 0.3 is 0 Å². The van der Waals surface area contributed by atoms with E-state index in [2.05, 4.69) is 30.5 Å². The third-order valence-corrected chi connectivity index (χ3v) is 6.90. The molecular formula is C26H26N4O. The number of carbonyl (C=O) groups is 1. The molecule has 0 radical (unpaired) electrons. The Morgan fingerprint density at radius 1 is 1.13 bits per heavy atom. The van der Waals surface area contributed by atoms with Crippen LogP contribution >= 0.6 is 0 Å². The van der Waals surface area contributed by atoms with Gasteiger partial charge in [0.2, 0.25) is 0 Å². The van der Waals surface area contributed by atoms with Gasteiger partial charge in [0.1, 0.15) is 5.69 Å². The summed E-state index contributed by atoms with van der Waals surface area (Å²) in [6, 6.07) is 21.4. The molecule has 1 amide bonds. The quantitative estimate of drug-likeness (QED) is 0.461. The van der Waals surface area contributed by atoms with Crippen LogP contribution in [0.1, 0.15) is 37.2 Å². The van der Waals surface area contributed by atoms with E-state index in [0.717, 1.165) is 29.3 Å². The van der Waals surface area contributed by atoms with Gasteiger partial charge in [-0.1, -0.05) is 68.5 Å². The van der Waals surface area contributed by atoms with Crippen LogP contribution in [0.25, 0.3) is 16.9 Å². The van der Waals surface area contributed by atoms with E-state index in [4.69, 9.17) is 5.10 Å². The summed E-state index contributed by atoms with van der Waals surface area (Å²) < 4.78 is 1.67. The lowest BCUT2D eigenvalue weighted by atomic mass is 9.49. The number of benzene rings is 2. The Bertz CT molecular complexity index is 1160. The zero-order valence-electron chi connectivity index (χ0n) is 17.8. The molecule has 0 saturated heterocycles.